The van der Waals surface area contributed by atoms with Gasteiger partial charge in [0.15, 0.2) is 0 Å². The number of nitrogens with zero attached hydrogens (tertiary/aromatic N) is 1. The topological polar surface area (TPSA) is 32.3 Å². The van der Waals surface area contributed by atoms with E-state index in [1.807, 2.05) is 11.8 Å². The lowest BCUT2D eigenvalue weighted by Gasteiger charge is -2.33. The van der Waals surface area contributed by atoms with Crippen molar-refractivity contribution in [2.45, 2.75) is 89.2 Å². The number of thioether (sulfide) groups is 1. The summed E-state index contributed by atoms with van der Waals surface area (Å²) < 4.78 is 0. The molecule has 4 atom stereocenters. The maximum absolute atomic E-state index is 12.8. The van der Waals surface area contributed by atoms with E-state index in [-0.39, 0.29) is 12.2 Å². The summed E-state index contributed by atoms with van der Waals surface area (Å²) in [5, 5.41) is 4.26. The second kappa shape index (κ2) is 7.69. The molecule has 1 aliphatic carbocycles. The highest BCUT2D eigenvalue weighted by Crippen LogP contribution is 2.36. The Morgan fingerprint density at radius 3 is 2.60 bits per heavy atom. The maximum atomic E-state index is 12.8. The fourth-order valence-corrected chi connectivity index (χ4v) is 4.99. The molecule has 1 saturated carbocycles. The van der Waals surface area contributed by atoms with Crippen LogP contribution >= 0.6 is 11.8 Å². The van der Waals surface area contributed by atoms with Crippen LogP contribution in [-0.2, 0) is 4.79 Å². The second-order valence-electron chi connectivity index (χ2n) is 6.05. The molecular formula is C16H30N2OS. The minimum Gasteiger partial charge on any atom is -0.322 e. The Kier molecular flexibility index (Phi) is 6.21. The van der Waals surface area contributed by atoms with Gasteiger partial charge in [-0.2, -0.15) is 11.8 Å². The standard InChI is InChI=1S/C16H30N2OS/c1-4-8-12-16(19)18(15(17-12)9-5-2)13-10-7-11-14(13)20-6-3/h12-15,17H,4-11H2,1-3H3. The van der Waals surface area contributed by atoms with Crippen LogP contribution in [-0.4, -0.2) is 40.1 Å². The zero-order valence-corrected chi connectivity index (χ0v) is 14.0. The minimum atomic E-state index is 0.0735. The summed E-state index contributed by atoms with van der Waals surface area (Å²) in [6.07, 6.45) is 8.33. The van der Waals surface area contributed by atoms with Crippen LogP contribution in [0.4, 0.5) is 0 Å². The van der Waals surface area contributed by atoms with Crippen LogP contribution in [0.15, 0.2) is 0 Å². The van der Waals surface area contributed by atoms with E-state index >= 15 is 0 Å². The van der Waals surface area contributed by atoms with Crippen molar-refractivity contribution in [1.29, 1.82) is 0 Å². The number of carbonyl (C=O) groups is 1. The number of nitrogens with one attached hydrogen (secondary N) is 1. The van der Waals surface area contributed by atoms with Crippen LogP contribution in [0.25, 0.3) is 0 Å². The average Bonchev–Trinajstić information content (AvgIpc) is 2.97. The molecule has 0 aromatic carbocycles. The van der Waals surface area contributed by atoms with Crippen molar-refractivity contribution < 1.29 is 4.79 Å². The molecule has 2 rings (SSSR count). The molecule has 0 spiro atoms. The molecular weight excluding hydrogens is 268 g/mol. The summed E-state index contributed by atoms with van der Waals surface area (Å²) in [6, 6.07) is 0.544. The molecule has 0 bridgehead atoms. The number of carbonyl (C=O) groups excluding carboxylic acids is 1. The highest BCUT2D eigenvalue weighted by molar-refractivity contribution is 7.99. The summed E-state index contributed by atoms with van der Waals surface area (Å²) in [7, 11) is 0. The average molecular weight is 298 g/mol. The lowest BCUT2D eigenvalue weighted by Crippen LogP contribution is -2.47. The summed E-state index contributed by atoms with van der Waals surface area (Å²) in [5.74, 6) is 1.53. The van der Waals surface area contributed by atoms with E-state index in [2.05, 4.69) is 31.0 Å². The van der Waals surface area contributed by atoms with Gasteiger partial charge in [-0.1, -0.05) is 40.0 Å². The molecule has 1 saturated heterocycles. The van der Waals surface area contributed by atoms with Crippen LogP contribution in [0, 0.1) is 0 Å². The Morgan fingerprint density at radius 2 is 1.95 bits per heavy atom. The molecule has 2 fully saturated rings. The normalized spacial score (nSPS) is 34.1. The first-order valence-corrected chi connectivity index (χ1v) is 9.47. The smallest absolute Gasteiger partial charge is 0.241 e. The quantitative estimate of drug-likeness (QED) is 0.782. The third kappa shape index (κ3) is 3.33. The van der Waals surface area contributed by atoms with Gasteiger partial charge < -0.3 is 4.90 Å². The van der Waals surface area contributed by atoms with Gasteiger partial charge in [0.05, 0.1) is 12.2 Å². The zero-order chi connectivity index (χ0) is 14.5. The molecule has 0 aromatic rings. The molecule has 0 aromatic heterocycles. The van der Waals surface area contributed by atoms with E-state index in [0.29, 0.717) is 17.2 Å². The van der Waals surface area contributed by atoms with Gasteiger partial charge in [-0.05, 0) is 31.4 Å². The van der Waals surface area contributed by atoms with Crippen molar-refractivity contribution in [3.63, 3.8) is 0 Å². The number of hydrogen-bond acceptors (Lipinski definition) is 3. The van der Waals surface area contributed by atoms with Gasteiger partial charge in [-0.25, -0.2) is 0 Å². The fourth-order valence-electron chi connectivity index (χ4n) is 3.74. The van der Waals surface area contributed by atoms with Crippen molar-refractivity contribution in [3.8, 4) is 0 Å². The fraction of sp³-hybridized carbons (Fsp3) is 0.938. The lowest BCUT2D eigenvalue weighted by molar-refractivity contribution is -0.132. The number of hydrogen-bond donors (Lipinski definition) is 1. The Labute approximate surface area is 128 Å². The third-order valence-corrected chi connectivity index (χ3v) is 5.89. The first kappa shape index (κ1) is 16.2. The Morgan fingerprint density at radius 1 is 1.20 bits per heavy atom. The molecule has 1 amide bonds. The maximum Gasteiger partial charge on any atom is 0.241 e. The molecule has 20 heavy (non-hydrogen) atoms. The van der Waals surface area contributed by atoms with E-state index in [9.17, 15) is 4.79 Å². The van der Waals surface area contributed by atoms with Gasteiger partial charge >= 0.3 is 0 Å². The van der Waals surface area contributed by atoms with Crippen LogP contribution in [0.1, 0.15) is 65.7 Å². The van der Waals surface area contributed by atoms with Gasteiger partial charge in [-0.3, -0.25) is 10.1 Å². The van der Waals surface area contributed by atoms with E-state index < -0.39 is 0 Å². The van der Waals surface area contributed by atoms with Crippen molar-refractivity contribution in [2.24, 2.45) is 0 Å². The van der Waals surface area contributed by atoms with E-state index in [1.54, 1.807) is 0 Å². The van der Waals surface area contributed by atoms with Crippen molar-refractivity contribution in [1.82, 2.24) is 10.2 Å². The van der Waals surface area contributed by atoms with Gasteiger partial charge in [0.2, 0.25) is 5.91 Å². The first-order valence-electron chi connectivity index (χ1n) is 8.42. The summed E-state index contributed by atoms with van der Waals surface area (Å²) in [5.41, 5.74) is 0. The summed E-state index contributed by atoms with van der Waals surface area (Å²) in [6.45, 7) is 6.61. The van der Waals surface area contributed by atoms with E-state index in [0.717, 1.165) is 31.4 Å². The largest absolute Gasteiger partial charge is 0.322 e. The van der Waals surface area contributed by atoms with Crippen LogP contribution in [0.2, 0.25) is 0 Å². The molecule has 0 radical (unpaired) electrons. The number of amides is 1. The lowest BCUT2D eigenvalue weighted by atomic mass is 10.1. The van der Waals surface area contributed by atoms with Crippen LogP contribution in [0.3, 0.4) is 0 Å². The molecule has 4 heteroatoms. The minimum absolute atomic E-state index is 0.0735. The van der Waals surface area contributed by atoms with Gasteiger partial charge in [0.25, 0.3) is 0 Å². The monoisotopic (exact) mass is 298 g/mol. The summed E-state index contributed by atoms with van der Waals surface area (Å²) >= 11 is 2.05. The van der Waals surface area contributed by atoms with E-state index in [1.165, 1.54) is 19.3 Å². The predicted molar refractivity (Wildman–Crippen MR) is 86.9 cm³/mol. The van der Waals surface area contributed by atoms with Gasteiger partial charge in [0.1, 0.15) is 0 Å². The Hall–Kier alpha value is -0.220. The highest BCUT2D eigenvalue weighted by atomic mass is 32.2. The van der Waals surface area contributed by atoms with Crippen LogP contribution in [0.5, 0.6) is 0 Å². The van der Waals surface area contributed by atoms with Crippen molar-refractivity contribution in [3.05, 3.63) is 0 Å². The summed E-state index contributed by atoms with van der Waals surface area (Å²) in [4.78, 5) is 15.0. The molecule has 116 valence electrons. The van der Waals surface area contributed by atoms with Crippen molar-refractivity contribution >= 4 is 17.7 Å². The third-order valence-electron chi connectivity index (χ3n) is 4.58. The molecule has 4 unspecified atom stereocenters. The second-order valence-corrected chi connectivity index (χ2v) is 7.57. The highest BCUT2D eigenvalue weighted by Gasteiger charge is 2.45. The Bertz CT molecular complexity index is 324. The Balaban J connectivity index is 2.10. The molecule has 1 aliphatic heterocycles. The molecule has 3 nitrogen and oxygen atoms in total. The predicted octanol–water partition coefficient (Wildman–Crippen LogP) is 3.39. The molecule has 1 N–H and O–H groups in total. The van der Waals surface area contributed by atoms with E-state index in [4.69, 9.17) is 0 Å². The SMILES string of the molecule is CCCC1NC(CCC)N(C2CCCC2SCC)C1=O. The molecule has 2 aliphatic rings. The molecule has 1 heterocycles. The van der Waals surface area contributed by atoms with Crippen molar-refractivity contribution in [2.75, 3.05) is 5.75 Å². The zero-order valence-electron chi connectivity index (χ0n) is 13.2. The van der Waals surface area contributed by atoms with Crippen LogP contribution < -0.4 is 5.32 Å². The number of rotatable bonds is 7. The van der Waals surface area contributed by atoms with Gasteiger partial charge in [0, 0.05) is 11.3 Å². The first-order chi connectivity index (χ1) is 9.72. The van der Waals surface area contributed by atoms with Gasteiger partial charge in [-0.15, -0.1) is 0 Å².